The number of amides is 1. The van der Waals surface area contributed by atoms with E-state index >= 15 is 0 Å². The highest BCUT2D eigenvalue weighted by Gasteiger charge is 2.59. The van der Waals surface area contributed by atoms with Crippen molar-refractivity contribution in [3.8, 4) is 0 Å². The van der Waals surface area contributed by atoms with Crippen LogP contribution in [-0.4, -0.2) is 25.2 Å². The second-order valence-corrected chi connectivity index (χ2v) is 8.53. The van der Waals surface area contributed by atoms with Gasteiger partial charge in [0.1, 0.15) is 5.41 Å². The summed E-state index contributed by atoms with van der Waals surface area (Å²) in [6, 6.07) is 6.98. The molecule has 3 nitrogen and oxygen atoms in total. The van der Waals surface area contributed by atoms with E-state index in [1.807, 2.05) is 0 Å². The van der Waals surface area contributed by atoms with Crippen molar-refractivity contribution >= 4 is 34.8 Å². The van der Waals surface area contributed by atoms with E-state index in [4.69, 9.17) is 23.2 Å². The van der Waals surface area contributed by atoms with Gasteiger partial charge in [-0.2, -0.15) is 26.3 Å². The quantitative estimate of drug-likeness (QED) is 0.497. The van der Waals surface area contributed by atoms with Crippen LogP contribution in [0.15, 0.2) is 36.4 Å². The minimum Gasteiger partial charge on any atom is -0.370 e. The zero-order chi connectivity index (χ0) is 23.9. The first-order valence-electron chi connectivity index (χ1n) is 9.46. The average molecular weight is 499 g/mol. The molecule has 2 aromatic carbocycles. The van der Waals surface area contributed by atoms with Gasteiger partial charge in [-0.3, -0.25) is 4.79 Å². The molecule has 1 atom stereocenters. The monoisotopic (exact) mass is 498 g/mol. The first-order chi connectivity index (χ1) is 14.7. The summed E-state index contributed by atoms with van der Waals surface area (Å²) in [6.07, 6.45) is -9.80. The van der Waals surface area contributed by atoms with Crippen molar-refractivity contribution in [2.24, 2.45) is 0 Å². The molecule has 1 amide bonds. The molecule has 1 saturated heterocycles. The van der Waals surface area contributed by atoms with Gasteiger partial charge in [-0.15, -0.1) is 0 Å². The van der Waals surface area contributed by atoms with Gasteiger partial charge in [-0.25, -0.2) is 0 Å². The van der Waals surface area contributed by atoms with Gasteiger partial charge in [0.2, 0.25) is 5.91 Å². The topological polar surface area (TPSA) is 32.3 Å². The Balaban J connectivity index is 2.00. The number of anilines is 1. The highest BCUT2D eigenvalue weighted by Crippen LogP contribution is 2.50. The average Bonchev–Trinajstić information content (AvgIpc) is 3.11. The lowest BCUT2D eigenvalue weighted by Gasteiger charge is -2.33. The number of rotatable bonds is 4. The summed E-state index contributed by atoms with van der Waals surface area (Å²) >= 11 is 11.8. The summed E-state index contributed by atoms with van der Waals surface area (Å²) in [4.78, 5) is 12.3. The van der Waals surface area contributed by atoms with Gasteiger partial charge in [-0.05, 0) is 47.9 Å². The zero-order valence-corrected chi connectivity index (χ0v) is 18.2. The molecular weight excluding hydrogens is 481 g/mol. The van der Waals surface area contributed by atoms with Crippen LogP contribution in [0.4, 0.5) is 32.0 Å². The molecule has 1 aliphatic rings. The standard InChI is InChI=1S/C21H18Cl2F6N2O/c1-12(32)30-10-13-2-3-17(9-18(13)20(24,25)26)31-5-4-19(11-31,21(27,28)29)14-6-15(22)8-16(23)7-14/h2-3,6-9H,4-5,10-11H2,1H3,(H,30,32). The van der Waals surface area contributed by atoms with E-state index in [1.54, 1.807) is 0 Å². The van der Waals surface area contributed by atoms with Crippen LogP contribution in [0.5, 0.6) is 0 Å². The maximum atomic E-state index is 14.2. The predicted molar refractivity (Wildman–Crippen MR) is 110 cm³/mol. The number of hydrogen-bond acceptors (Lipinski definition) is 2. The molecule has 0 spiro atoms. The van der Waals surface area contributed by atoms with E-state index < -0.39 is 35.8 Å². The molecule has 0 radical (unpaired) electrons. The number of carbonyl (C=O) groups excluding carboxylic acids is 1. The van der Waals surface area contributed by atoms with Crippen molar-refractivity contribution in [1.29, 1.82) is 0 Å². The number of carbonyl (C=O) groups is 1. The molecule has 0 bridgehead atoms. The third-order valence-corrected chi connectivity index (χ3v) is 5.96. The molecule has 1 heterocycles. The fourth-order valence-corrected chi connectivity index (χ4v) is 4.42. The van der Waals surface area contributed by atoms with Crippen LogP contribution < -0.4 is 10.2 Å². The molecule has 0 saturated carbocycles. The van der Waals surface area contributed by atoms with Crippen molar-refractivity contribution in [1.82, 2.24) is 5.32 Å². The highest BCUT2D eigenvalue weighted by atomic mass is 35.5. The van der Waals surface area contributed by atoms with Crippen LogP contribution in [0.3, 0.4) is 0 Å². The smallest absolute Gasteiger partial charge is 0.370 e. The Labute approximate surface area is 190 Å². The summed E-state index contributed by atoms with van der Waals surface area (Å²) in [5, 5.41) is 2.38. The lowest BCUT2D eigenvalue weighted by molar-refractivity contribution is -0.184. The van der Waals surface area contributed by atoms with Crippen LogP contribution >= 0.6 is 23.2 Å². The predicted octanol–water partition coefficient (Wildman–Crippen LogP) is 6.36. The molecule has 1 unspecified atom stereocenters. The normalized spacial score (nSPS) is 19.3. The molecule has 1 N–H and O–H groups in total. The summed E-state index contributed by atoms with van der Waals surface area (Å²) in [6.45, 7) is 0.115. The van der Waals surface area contributed by atoms with Crippen LogP contribution in [0, 0.1) is 0 Å². The van der Waals surface area contributed by atoms with Crippen LogP contribution in [0.25, 0.3) is 0 Å². The molecule has 174 valence electrons. The Bertz CT molecular complexity index is 1000. The van der Waals surface area contributed by atoms with Gasteiger partial charge >= 0.3 is 12.4 Å². The molecule has 2 aromatic rings. The van der Waals surface area contributed by atoms with E-state index in [9.17, 15) is 31.1 Å². The first kappa shape index (κ1) is 24.5. The fraction of sp³-hybridized carbons (Fsp3) is 0.381. The van der Waals surface area contributed by atoms with E-state index in [0.29, 0.717) is 0 Å². The second-order valence-electron chi connectivity index (χ2n) is 7.66. The molecule has 0 aromatic heterocycles. The van der Waals surface area contributed by atoms with Crippen molar-refractivity contribution in [3.63, 3.8) is 0 Å². The molecule has 1 aliphatic heterocycles. The van der Waals surface area contributed by atoms with Gasteiger partial charge in [0.05, 0.1) is 5.56 Å². The van der Waals surface area contributed by atoms with E-state index in [2.05, 4.69) is 5.32 Å². The fourth-order valence-electron chi connectivity index (χ4n) is 3.89. The molecule has 3 rings (SSSR count). The highest BCUT2D eigenvalue weighted by molar-refractivity contribution is 6.34. The van der Waals surface area contributed by atoms with E-state index in [0.717, 1.165) is 12.1 Å². The van der Waals surface area contributed by atoms with Gasteiger partial charge in [0.25, 0.3) is 0 Å². The minimum atomic E-state index is -4.74. The lowest BCUT2D eigenvalue weighted by Crippen LogP contribution is -2.45. The van der Waals surface area contributed by atoms with E-state index in [1.165, 1.54) is 36.1 Å². The maximum Gasteiger partial charge on any atom is 0.416 e. The summed E-state index contributed by atoms with van der Waals surface area (Å²) < 4.78 is 83.5. The summed E-state index contributed by atoms with van der Waals surface area (Å²) in [5.41, 5.74) is -3.67. The van der Waals surface area contributed by atoms with E-state index in [-0.39, 0.29) is 46.4 Å². The van der Waals surface area contributed by atoms with Gasteiger partial charge in [-0.1, -0.05) is 29.3 Å². The third-order valence-electron chi connectivity index (χ3n) is 5.52. The van der Waals surface area contributed by atoms with Gasteiger partial charge in [0.15, 0.2) is 0 Å². The number of nitrogens with one attached hydrogen (secondary N) is 1. The van der Waals surface area contributed by atoms with Crippen molar-refractivity contribution in [3.05, 3.63) is 63.1 Å². The van der Waals surface area contributed by atoms with Crippen molar-refractivity contribution in [2.45, 2.75) is 37.7 Å². The number of benzene rings is 2. The summed E-state index contributed by atoms with van der Waals surface area (Å²) in [5.74, 6) is -0.503. The SMILES string of the molecule is CC(=O)NCc1ccc(N2CCC(c3cc(Cl)cc(Cl)c3)(C(F)(F)F)C2)cc1C(F)(F)F. The Morgan fingerprint density at radius 2 is 1.69 bits per heavy atom. The Morgan fingerprint density at radius 3 is 2.22 bits per heavy atom. The van der Waals surface area contributed by atoms with Crippen LogP contribution in [0.2, 0.25) is 10.0 Å². The molecule has 0 aliphatic carbocycles. The number of hydrogen-bond donors (Lipinski definition) is 1. The second kappa shape index (κ2) is 8.67. The maximum absolute atomic E-state index is 14.2. The first-order valence-corrected chi connectivity index (χ1v) is 10.2. The van der Waals surface area contributed by atoms with Crippen LogP contribution in [-0.2, 0) is 22.9 Å². The Morgan fingerprint density at radius 1 is 1.06 bits per heavy atom. The number of nitrogens with zero attached hydrogens (tertiary/aromatic N) is 1. The Hall–Kier alpha value is -2.13. The van der Waals surface area contributed by atoms with Crippen molar-refractivity contribution in [2.75, 3.05) is 18.0 Å². The molecule has 1 fully saturated rings. The van der Waals surface area contributed by atoms with Crippen LogP contribution in [0.1, 0.15) is 30.0 Å². The molecule has 32 heavy (non-hydrogen) atoms. The number of halogens is 8. The third kappa shape index (κ3) is 4.93. The number of alkyl halides is 6. The van der Waals surface area contributed by atoms with Crippen molar-refractivity contribution < 1.29 is 31.1 Å². The van der Waals surface area contributed by atoms with Gasteiger partial charge < -0.3 is 10.2 Å². The van der Waals surface area contributed by atoms with Gasteiger partial charge in [0, 0.05) is 42.3 Å². The minimum absolute atomic E-state index is 0.00292. The lowest BCUT2D eigenvalue weighted by atomic mass is 9.79. The molecular formula is C21H18Cl2F6N2O. The summed E-state index contributed by atoms with van der Waals surface area (Å²) in [7, 11) is 0. The molecule has 11 heteroatoms. The zero-order valence-electron chi connectivity index (χ0n) is 16.7. The largest absolute Gasteiger partial charge is 0.416 e. The Kier molecular flexibility index (Phi) is 6.64.